The third kappa shape index (κ3) is 6.56. The maximum absolute atomic E-state index is 14.0. The van der Waals surface area contributed by atoms with Gasteiger partial charge in [-0.3, -0.25) is 29.3 Å². The van der Waals surface area contributed by atoms with Crippen LogP contribution in [0.15, 0.2) is 54.7 Å². The molecule has 2 atom stereocenters. The zero-order valence-corrected chi connectivity index (χ0v) is 23.6. The fourth-order valence-corrected chi connectivity index (χ4v) is 5.58. The largest absolute Gasteiger partial charge is 0.406 e. The molecule has 2 N–H and O–H groups in total. The number of alkyl halides is 3. The van der Waals surface area contributed by atoms with Crippen LogP contribution in [-0.2, 0) is 27.2 Å². The van der Waals surface area contributed by atoms with E-state index in [0.29, 0.717) is 18.5 Å². The van der Waals surface area contributed by atoms with E-state index < -0.39 is 54.0 Å². The zero-order valence-electron chi connectivity index (χ0n) is 23.6. The number of hydrogen-bond acceptors (Lipinski definition) is 6. The Morgan fingerprint density at radius 3 is 2.38 bits per heavy atom. The number of rotatable bonds is 10. The molecule has 1 aromatic carbocycles. The van der Waals surface area contributed by atoms with Gasteiger partial charge in [0.2, 0.25) is 11.8 Å². The number of carbonyl (C=O) groups excluding carboxylic acids is 4. The number of halogens is 3. The number of hydrazine groups is 1. The quantitative estimate of drug-likeness (QED) is 0.197. The summed E-state index contributed by atoms with van der Waals surface area (Å²) in [4.78, 5) is 60.5. The summed E-state index contributed by atoms with van der Waals surface area (Å²) in [5.74, 6) is 3.70. The smallest absolute Gasteiger partial charge is 0.336 e. The van der Waals surface area contributed by atoms with Crippen molar-refractivity contribution in [2.75, 3.05) is 26.2 Å². The average molecular weight is 589 g/mol. The second kappa shape index (κ2) is 12.5. The SMILES string of the molecule is CC(C)C(=O)N(N)[C@H](CCCc1ccccc1)C(=O)N1CCN2C(=O)N(CC(F)(F)F)C(=O)[C@]2(Cc2ccccn2)C1. The molecule has 10 nitrogen and oxygen atoms in total. The number of nitrogens with two attached hydrogens (primary N) is 1. The number of piperazine rings is 1. The molecule has 3 heterocycles. The summed E-state index contributed by atoms with van der Waals surface area (Å²) in [6.45, 7) is 1.01. The van der Waals surface area contributed by atoms with Crippen LogP contribution in [0.5, 0.6) is 0 Å². The number of pyridine rings is 1. The van der Waals surface area contributed by atoms with E-state index in [0.717, 1.165) is 15.5 Å². The van der Waals surface area contributed by atoms with Crippen LogP contribution in [0.2, 0.25) is 0 Å². The minimum Gasteiger partial charge on any atom is -0.336 e. The average Bonchev–Trinajstić information content (AvgIpc) is 3.15. The number of fused-ring (bicyclic) bond motifs is 1. The molecule has 5 amide bonds. The second-order valence-electron chi connectivity index (χ2n) is 11.0. The molecule has 0 radical (unpaired) electrons. The first-order valence-corrected chi connectivity index (χ1v) is 13.8. The van der Waals surface area contributed by atoms with Gasteiger partial charge in [0.15, 0.2) is 0 Å². The Hall–Kier alpha value is -4.00. The van der Waals surface area contributed by atoms with Crippen molar-refractivity contribution in [2.45, 2.75) is 57.3 Å². The van der Waals surface area contributed by atoms with Gasteiger partial charge in [0, 0.05) is 37.3 Å². The monoisotopic (exact) mass is 588 g/mol. The first-order chi connectivity index (χ1) is 19.8. The fourth-order valence-electron chi connectivity index (χ4n) is 5.58. The van der Waals surface area contributed by atoms with Gasteiger partial charge < -0.3 is 9.80 Å². The number of hydrogen-bond donors (Lipinski definition) is 1. The maximum Gasteiger partial charge on any atom is 0.406 e. The number of urea groups is 1. The number of amides is 5. The lowest BCUT2D eigenvalue weighted by atomic mass is 9.88. The summed E-state index contributed by atoms with van der Waals surface area (Å²) in [6.07, 6.45) is -2.14. The molecular weight excluding hydrogens is 553 g/mol. The third-order valence-corrected chi connectivity index (χ3v) is 7.67. The highest BCUT2D eigenvalue weighted by atomic mass is 19.4. The van der Waals surface area contributed by atoms with Crippen molar-refractivity contribution in [1.29, 1.82) is 0 Å². The number of carbonyl (C=O) groups is 4. The topological polar surface area (TPSA) is 120 Å². The molecule has 2 fully saturated rings. The van der Waals surface area contributed by atoms with E-state index in [2.05, 4.69) is 4.98 Å². The van der Waals surface area contributed by atoms with Gasteiger partial charge in [-0.05, 0) is 37.0 Å². The Morgan fingerprint density at radius 2 is 1.76 bits per heavy atom. The molecule has 226 valence electrons. The van der Waals surface area contributed by atoms with Crippen molar-refractivity contribution in [3.8, 4) is 0 Å². The molecule has 0 saturated carbocycles. The molecule has 0 bridgehead atoms. The molecule has 4 rings (SSSR count). The van der Waals surface area contributed by atoms with Crippen molar-refractivity contribution in [1.82, 2.24) is 24.7 Å². The van der Waals surface area contributed by atoms with Gasteiger partial charge in [0.1, 0.15) is 18.1 Å². The van der Waals surface area contributed by atoms with Crippen LogP contribution in [0.3, 0.4) is 0 Å². The third-order valence-electron chi connectivity index (χ3n) is 7.67. The molecule has 0 aliphatic carbocycles. The van der Waals surface area contributed by atoms with Crippen LogP contribution < -0.4 is 5.84 Å². The summed E-state index contributed by atoms with van der Waals surface area (Å²) < 4.78 is 40.1. The summed E-state index contributed by atoms with van der Waals surface area (Å²) in [6, 6.07) is 12.4. The van der Waals surface area contributed by atoms with Crippen molar-refractivity contribution >= 4 is 23.8 Å². The lowest BCUT2D eigenvalue weighted by Gasteiger charge is -2.45. The predicted molar refractivity (Wildman–Crippen MR) is 146 cm³/mol. The van der Waals surface area contributed by atoms with Crippen LogP contribution in [0.1, 0.15) is 37.9 Å². The van der Waals surface area contributed by atoms with Crippen molar-refractivity contribution < 1.29 is 32.3 Å². The van der Waals surface area contributed by atoms with Crippen LogP contribution in [0.4, 0.5) is 18.0 Å². The van der Waals surface area contributed by atoms with Gasteiger partial charge in [-0.15, -0.1) is 0 Å². The van der Waals surface area contributed by atoms with Crippen LogP contribution >= 0.6 is 0 Å². The molecule has 0 spiro atoms. The Bertz CT molecular complexity index is 1290. The van der Waals surface area contributed by atoms with E-state index in [1.54, 1.807) is 32.0 Å². The van der Waals surface area contributed by atoms with E-state index in [-0.39, 0.29) is 37.4 Å². The van der Waals surface area contributed by atoms with Gasteiger partial charge >= 0.3 is 12.2 Å². The lowest BCUT2D eigenvalue weighted by molar-refractivity contribution is -0.158. The van der Waals surface area contributed by atoms with Gasteiger partial charge in [0.05, 0.1) is 6.54 Å². The highest BCUT2D eigenvalue weighted by molar-refractivity contribution is 6.08. The highest BCUT2D eigenvalue weighted by Gasteiger charge is 2.61. The van der Waals surface area contributed by atoms with Gasteiger partial charge in [0.25, 0.3) is 5.91 Å². The zero-order chi connectivity index (χ0) is 30.7. The first-order valence-electron chi connectivity index (χ1n) is 13.8. The molecule has 2 saturated heterocycles. The minimum absolute atomic E-state index is 0.0411. The molecule has 0 unspecified atom stereocenters. The number of benzene rings is 1. The van der Waals surface area contributed by atoms with Crippen LogP contribution in [0.25, 0.3) is 0 Å². The second-order valence-corrected chi connectivity index (χ2v) is 11.0. The number of imide groups is 1. The Kier molecular flexibility index (Phi) is 9.19. The summed E-state index contributed by atoms with van der Waals surface area (Å²) in [5, 5.41) is 0.924. The predicted octanol–water partition coefficient (Wildman–Crippen LogP) is 2.78. The van der Waals surface area contributed by atoms with Crippen molar-refractivity contribution in [3.63, 3.8) is 0 Å². The number of aromatic nitrogens is 1. The fraction of sp³-hybridized carbons (Fsp3) is 0.483. The molecule has 2 aliphatic rings. The first kappa shape index (κ1) is 30.9. The normalized spacial score (nSPS) is 19.7. The van der Waals surface area contributed by atoms with Gasteiger partial charge in [-0.1, -0.05) is 50.2 Å². The van der Waals surface area contributed by atoms with E-state index in [1.165, 1.54) is 11.1 Å². The van der Waals surface area contributed by atoms with E-state index in [4.69, 9.17) is 5.84 Å². The van der Waals surface area contributed by atoms with Gasteiger partial charge in [-0.25, -0.2) is 10.6 Å². The van der Waals surface area contributed by atoms with Crippen LogP contribution in [0, 0.1) is 5.92 Å². The molecule has 1 aromatic heterocycles. The molecular formula is C29H35F3N6O4. The summed E-state index contributed by atoms with van der Waals surface area (Å²) in [7, 11) is 0. The lowest BCUT2D eigenvalue weighted by Crippen LogP contribution is -2.67. The summed E-state index contributed by atoms with van der Waals surface area (Å²) >= 11 is 0. The Morgan fingerprint density at radius 1 is 1.07 bits per heavy atom. The molecule has 2 aromatic rings. The Labute approximate surface area is 242 Å². The van der Waals surface area contributed by atoms with Crippen LogP contribution in [-0.4, -0.2) is 92.4 Å². The van der Waals surface area contributed by atoms with E-state index in [9.17, 15) is 32.3 Å². The molecule has 2 aliphatic heterocycles. The standard InChI is InChI=1S/C29H35F3N6O4/c1-20(2)24(39)38(33)23(13-8-11-21-9-4-3-5-10-21)25(40)35-15-16-37-27(42)36(19-29(30,31)32)26(41)28(37,18-35)17-22-12-6-7-14-34-22/h3-7,9-10,12,14,20,23H,8,11,13,15-19,33H2,1-2H3/t23-,28+/m1/s1. The summed E-state index contributed by atoms with van der Waals surface area (Å²) in [5.41, 5.74) is -0.368. The van der Waals surface area contributed by atoms with Crippen molar-refractivity contribution in [2.24, 2.45) is 11.8 Å². The maximum atomic E-state index is 14.0. The highest BCUT2D eigenvalue weighted by Crippen LogP contribution is 2.37. The van der Waals surface area contributed by atoms with E-state index in [1.807, 2.05) is 30.3 Å². The molecule has 13 heteroatoms. The van der Waals surface area contributed by atoms with Gasteiger partial charge in [-0.2, -0.15) is 13.2 Å². The van der Waals surface area contributed by atoms with Crippen molar-refractivity contribution in [3.05, 3.63) is 66.0 Å². The molecule has 42 heavy (non-hydrogen) atoms. The number of aryl methyl sites for hydroxylation is 1. The minimum atomic E-state index is -4.80. The Balaban J connectivity index is 1.63. The van der Waals surface area contributed by atoms with E-state index >= 15 is 0 Å². The number of nitrogens with zero attached hydrogens (tertiary/aromatic N) is 5.